The first-order valence-electron chi connectivity index (χ1n) is 5.47. The standard InChI is InChI=1S/C12H18F2N2O/c1-4-17-12(2,3)11(16-15)9-6-5-8(13)7-10(9)14/h5-7,11,16H,4,15H2,1-3H3. The quantitative estimate of drug-likeness (QED) is 0.617. The van der Waals surface area contributed by atoms with Gasteiger partial charge >= 0.3 is 0 Å². The fourth-order valence-corrected chi connectivity index (χ4v) is 1.86. The lowest BCUT2D eigenvalue weighted by molar-refractivity contribution is -0.0400. The van der Waals surface area contributed by atoms with Crippen LogP contribution in [0.5, 0.6) is 0 Å². The molecule has 0 aliphatic rings. The van der Waals surface area contributed by atoms with E-state index < -0.39 is 23.3 Å². The molecule has 1 unspecified atom stereocenters. The second kappa shape index (κ2) is 5.53. The first kappa shape index (κ1) is 14.0. The van der Waals surface area contributed by atoms with Crippen molar-refractivity contribution in [2.75, 3.05) is 6.61 Å². The first-order valence-corrected chi connectivity index (χ1v) is 5.47. The Morgan fingerprint density at radius 2 is 2.06 bits per heavy atom. The van der Waals surface area contributed by atoms with Crippen LogP contribution in [0.15, 0.2) is 18.2 Å². The number of nitrogens with two attached hydrogens (primary N) is 1. The topological polar surface area (TPSA) is 47.3 Å². The Morgan fingerprint density at radius 3 is 2.53 bits per heavy atom. The maximum absolute atomic E-state index is 13.7. The summed E-state index contributed by atoms with van der Waals surface area (Å²) < 4.78 is 32.0. The average Bonchev–Trinajstić information content (AvgIpc) is 2.21. The molecule has 0 aromatic heterocycles. The number of rotatable bonds is 5. The molecule has 1 aromatic carbocycles. The van der Waals surface area contributed by atoms with Crippen LogP contribution in [-0.2, 0) is 4.74 Å². The molecular weight excluding hydrogens is 226 g/mol. The molecule has 0 amide bonds. The van der Waals surface area contributed by atoms with Crippen molar-refractivity contribution in [1.29, 1.82) is 0 Å². The molecule has 0 aliphatic carbocycles. The Hall–Kier alpha value is -1.04. The molecule has 5 heteroatoms. The highest BCUT2D eigenvalue weighted by atomic mass is 19.1. The van der Waals surface area contributed by atoms with Crippen LogP contribution in [0.1, 0.15) is 32.4 Å². The summed E-state index contributed by atoms with van der Waals surface area (Å²) in [6, 6.07) is 2.85. The first-order chi connectivity index (χ1) is 7.92. The van der Waals surface area contributed by atoms with Crippen molar-refractivity contribution < 1.29 is 13.5 Å². The lowest BCUT2D eigenvalue weighted by Crippen LogP contribution is -2.45. The van der Waals surface area contributed by atoms with Crippen LogP contribution < -0.4 is 11.3 Å². The van der Waals surface area contributed by atoms with Gasteiger partial charge in [0.2, 0.25) is 0 Å². The number of ether oxygens (including phenoxy) is 1. The Labute approximate surface area is 99.9 Å². The van der Waals surface area contributed by atoms with Crippen molar-refractivity contribution in [2.24, 2.45) is 5.84 Å². The summed E-state index contributed by atoms with van der Waals surface area (Å²) in [4.78, 5) is 0. The fraction of sp³-hybridized carbons (Fsp3) is 0.500. The summed E-state index contributed by atoms with van der Waals surface area (Å²) in [6.07, 6.45) is 0. The van der Waals surface area contributed by atoms with E-state index in [1.807, 2.05) is 6.92 Å². The van der Waals surface area contributed by atoms with Crippen molar-refractivity contribution in [3.8, 4) is 0 Å². The smallest absolute Gasteiger partial charge is 0.131 e. The molecule has 0 heterocycles. The van der Waals surface area contributed by atoms with Gasteiger partial charge in [-0.25, -0.2) is 14.2 Å². The zero-order valence-corrected chi connectivity index (χ0v) is 10.3. The molecule has 1 atom stereocenters. The van der Waals surface area contributed by atoms with Crippen molar-refractivity contribution in [2.45, 2.75) is 32.4 Å². The molecular formula is C12H18F2N2O. The molecule has 3 nitrogen and oxygen atoms in total. The van der Waals surface area contributed by atoms with E-state index in [9.17, 15) is 8.78 Å². The fourth-order valence-electron chi connectivity index (χ4n) is 1.86. The van der Waals surface area contributed by atoms with Gasteiger partial charge in [-0.1, -0.05) is 6.07 Å². The number of halogens is 2. The predicted molar refractivity (Wildman–Crippen MR) is 62.1 cm³/mol. The molecule has 0 spiro atoms. The van der Waals surface area contributed by atoms with Crippen molar-refractivity contribution in [3.05, 3.63) is 35.4 Å². The molecule has 1 aromatic rings. The normalized spacial score (nSPS) is 13.8. The molecule has 17 heavy (non-hydrogen) atoms. The van der Waals surface area contributed by atoms with Gasteiger partial charge in [0, 0.05) is 18.2 Å². The van der Waals surface area contributed by atoms with E-state index in [1.165, 1.54) is 12.1 Å². The number of benzene rings is 1. The minimum Gasteiger partial charge on any atom is -0.374 e. The van der Waals surface area contributed by atoms with Gasteiger partial charge in [0.1, 0.15) is 11.6 Å². The van der Waals surface area contributed by atoms with Gasteiger partial charge in [-0.15, -0.1) is 0 Å². The molecule has 0 saturated heterocycles. The predicted octanol–water partition coefficient (Wildman–Crippen LogP) is 2.28. The maximum Gasteiger partial charge on any atom is 0.131 e. The molecule has 0 bridgehead atoms. The Morgan fingerprint density at radius 1 is 1.41 bits per heavy atom. The maximum atomic E-state index is 13.7. The van der Waals surface area contributed by atoms with E-state index in [0.29, 0.717) is 6.61 Å². The lowest BCUT2D eigenvalue weighted by atomic mass is 9.91. The van der Waals surface area contributed by atoms with Gasteiger partial charge in [-0.05, 0) is 26.8 Å². The minimum absolute atomic E-state index is 0.285. The molecule has 3 N–H and O–H groups in total. The van der Waals surface area contributed by atoms with Crippen LogP contribution >= 0.6 is 0 Å². The number of hydrogen-bond acceptors (Lipinski definition) is 3. The number of nitrogens with one attached hydrogen (secondary N) is 1. The van der Waals surface area contributed by atoms with Crippen LogP contribution in [0.3, 0.4) is 0 Å². The summed E-state index contributed by atoms with van der Waals surface area (Å²) in [6.45, 7) is 5.91. The van der Waals surface area contributed by atoms with Gasteiger partial charge < -0.3 is 4.74 Å². The third-order valence-electron chi connectivity index (χ3n) is 2.65. The van der Waals surface area contributed by atoms with E-state index >= 15 is 0 Å². The van der Waals surface area contributed by atoms with Crippen LogP contribution in [0, 0.1) is 11.6 Å². The lowest BCUT2D eigenvalue weighted by Gasteiger charge is -2.34. The third kappa shape index (κ3) is 3.21. The largest absolute Gasteiger partial charge is 0.374 e. The van der Waals surface area contributed by atoms with Gasteiger partial charge in [-0.3, -0.25) is 5.84 Å². The second-order valence-electron chi connectivity index (χ2n) is 4.30. The summed E-state index contributed by atoms with van der Waals surface area (Å²) in [7, 11) is 0. The zero-order valence-electron chi connectivity index (χ0n) is 10.3. The van der Waals surface area contributed by atoms with Gasteiger partial charge in [-0.2, -0.15) is 0 Å². The molecule has 0 fully saturated rings. The van der Waals surface area contributed by atoms with E-state index in [1.54, 1.807) is 13.8 Å². The number of hydrazine groups is 1. The average molecular weight is 244 g/mol. The molecule has 0 radical (unpaired) electrons. The van der Waals surface area contributed by atoms with Crippen molar-refractivity contribution >= 4 is 0 Å². The van der Waals surface area contributed by atoms with Gasteiger partial charge in [0.15, 0.2) is 0 Å². The van der Waals surface area contributed by atoms with Crippen LogP contribution in [0.4, 0.5) is 8.78 Å². The zero-order chi connectivity index (χ0) is 13.1. The second-order valence-corrected chi connectivity index (χ2v) is 4.30. The van der Waals surface area contributed by atoms with Crippen LogP contribution in [0.25, 0.3) is 0 Å². The molecule has 96 valence electrons. The highest BCUT2D eigenvalue weighted by molar-refractivity contribution is 5.24. The summed E-state index contributed by atoms with van der Waals surface area (Å²) in [5, 5.41) is 0. The van der Waals surface area contributed by atoms with Crippen molar-refractivity contribution in [3.63, 3.8) is 0 Å². The van der Waals surface area contributed by atoms with Crippen molar-refractivity contribution in [1.82, 2.24) is 5.43 Å². The highest BCUT2D eigenvalue weighted by Gasteiger charge is 2.32. The Kier molecular flexibility index (Phi) is 4.56. The summed E-state index contributed by atoms with van der Waals surface area (Å²) >= 11 is 0. The SMILES string of the molecule is CCOC(C)(C)C(NN)c1ccc(F)cc1F. The summed E-state index contributed by atoms with van der Waals surface area (Å²) in [5.41, 5.74) is 2.11. The molecule has 1 rings (SSSR count). The highest BCUT2D eigenvalue weighted by Crippen LogP contribution is 2.30. The van der Waals surface area contributed by atoms with Crippen LogP contribution in [0.2, 0.25) is 0 Å². The van der Waals surface area contributed by atoms with E-state index in [0.717, 1.165) is 6.07 Å². The third-order valence-corrected chi connectivity index (χ3v) is 2.65. The minimum atomic E-state index is -0.692. The van der Waals surface area contributed by atoms with E-state index in [-0.39, 0.29) is 5.56 Å². The summed E-state index contributed by atoms with van der Waals surface area (Å²) in [5.74, 6) is 4.18. The van der Waals surface area contributed by atoms with Gasteiger partial charge in [0.25, 0.3) is 0 Å². The van der Waals surface area contributed by atoms with E-state index in [4.69, 9.17) is 10.6 Å². The van der Waals surface area contributed by atoms with Gasteiger partial charge in [0.05, 0.1) is 11.6 Å². The van der Waals surface area contributed by atoms with E-state index in [2.05, 4.69) is 5.43 Å². The molecule has 0 aliphatic heterocycles. The Bertz CT molecular complexity index is 383. The Balaban J connectivity index is 3.09. The molecule has 0 saturated carbocycles. The number of hydrogen-bond donors (Lipinski definition) is 2. The van der Waals surface area contributed by atoms with Crippen LogP contribution in [-0.4, -0.2) is 12.2 Å². The monoisotopic (exact) mass is 244 g/mol.